The number of benzene rings is 2. The monoisotopic (exact) mass is 303 g/mol. The van der Waals surface area contributed by atoms with Crippen LogP contribution in [0.4, 0.5) is 5.69 Å². The van der Waals surface area contributed by atoms with Crippen LogP contribution in [0, 0.1) is 0 Å². The Hall–Kier alpha value is -1.64. The van der Waals surface area contributed by atoms with Crippen molar-refractivity contribution in [3.05, 3.63) is 54.1 Å². The van der Waals surface area contributed by atoms with Crippen molar-refractivity contribution < 1.29 is 0 Å². The van der Waals surface area contributed by atoms with Gasteiger partial charge in [-0.3, -0.25) is 0 Å². The molecule has 3 aromatic rings. The van der Waals surface area contributed by atoms with Crippen molar-refractivity contribution >= 4 is 31.7 Å². The quantitative estimate of drug-likeness (QED) is 0.752. The molecule has 0 atom stereocenters. The van der Waals surface area contributed by atoms with Gasteiger partial charge in [0.25, 0.3) is 0 Å². The molecule has 18 heavy (non-hydrogen) atoms. The van der Waals surface area contributed by atoms with Gasteiger partial charge in [-0.05, 0) is 0 Å². The molecule has 0 fully saturated rings. The number of nitrogens with zero attached hydrogens (tertiary/aromatic N) is 2. The van der Waals surface area contributed by atoms with Crippen LogP contribution < -0.4 is 5.32 Å². The summed E-state index contributed by atoms with van der Waals surface area (Å²) in [6.07, 6.45) is 1.02. The van der Waals surface area contributed by atoms with Gasteiger partial charge < -0.3 is 0 Å². The Balaban J connectivity index is 1.68. The third-order valence-electron chi connectivity index (χ3n) is 2.86. The second-order valence-corrected chi connectivity index (χ2v) is 5.21. The first-order valence-corrected chi connectivity index (χ1v) is 7.46. The molecular weight excluding hydrogens is 289 g/mol. The fraction of sp³-hybridized carbons (Fsp3) is 0.143. The van der Waals surface area contributed by atoms with Gasteiger partial charge in [0.15, 0.2) is 0 Å². The van der Waals surface area contributed by atoms with Gasteiger partial charge in [0.05, 0.1) is 0 Å². The molecule has 1 heterocycles. The Labute approximate surface area is 112 Å². The van der Waals surface area contributed by atoms with Crippen molar-refractivity contribution in [3.63, 3.8) is 0 Å². The average molecular weight is 302 g/mol. The van der Waals surface area contributed by atoms with E-state index in [1.165, 1.54) is 5.56 Å². The standard InChI is InChI=1S/C14H13N3Se/c1-2-5-11(6-3-1)9-10-15-12-7-4-8-13-14(12)17-18-16-13/h1-8,15H,9-10H2. The van der Waals surface area contributed by atoms with Crippen LogP contribution in [0.2, 0.25) is 0 Å². The Morgan fingerprint density at radius 2 is 1.83 bits per heavy atom. The van der Waals surface area contributed by atoms with Crippen molar-refractivity contribution in [1.29, 1.82) is 0 Å². The number of fused-ring (bicyclic) bond motifs is 1. The molecule has 1 aromatic heterocycles. The molecule has 2 aromatic carbocycles. The molecule has 0 radical (unpaired) electrons. The number of nitrogens with one attached hydrogen (secondary N) is 1. The van der Waals surface area contributed by atoms with Gasteiger partial charge in [-0.1, -0.05) is 0 Å². The Kier molecular flexibility index (Phi) is 3.40. The molecule has 3 nitrogen and oxygen atoms in total. The van der Waals surface area contributed by atoms with Crippen LogP contribution in [0.25, 0.3) is 11.0 Å². The third-order valence-corrected chi connectivity index (χ3v) is 4.00. The van der Waals surface area contributed by atoms with Crippen LogP contribution in [0.5, 0.6) is 0 Å². The molecule has 0 aliphatic carbocycles. The first kappa shape index (κ1) is 11.4. The molecule has 1 N–H and O–H groups in total. The number of aromatic nitrogens is 2. The van der Waals surface area contributed by atoms with Crippen molar-refractivity contribution in [2.45, 2.75) is 6.42 Å². The van der Waals surface area contributed by atoms with Crippen molar-refractivity contribution in [2.75, 3.05) is 11.9 Å². The van der Waals surface area contributed by atoms with Crippen LogP contribution >= 0.6 is 0 Å². The van der Waals surface area contributed by atoms with Gasteiger partial charge in [-0.25, -0.2) is 0 Å². The van der Waals surface area contributed by atoms with E-state index in [1.54, 1.807) is 0 Å². The summed E-state index contributed by atoms with van der Waals surface area (Å²) in [5.41, 5.74) is 4.51. The van der Waals surface area contributed by atoms with Gasteiger partial charge >= 0.3 is 112 Å². The molecule has 4 heteroatoms. The van der Waals surface area contributed by atoms with E-state index in [1.807, 2.05) is 18.2 Å². The fourth-order valence-electron chi connectivity index (χ4n) is 1.93. The predicted octanol–water partition coefficient (Wildman–Crippen LogP) is 2.34. The Morgan fingerprint density at radius 3 is 2.72 bits per heavy atom. The predicted molar refractivity (Wildman–Crippen MR) is 75.1 cm³/mol. The molecule has 0 aliphatic heterocycles. The van der Waals surface area contributed by atoms with E-state index >= 15 is 0 Å². The summed E-state index contributed by atoms with van der Waals surface area (Å²) < 4.78 is 8.84. The van der Waals surface area contributed by atoms with Crippen LogP contribution in [-0.2, 0) is 6.42 Å². The summed E-state index contributed by atoms with van der Waals surface area (Å²) in [6.45, 7) is 0.920. The number of hydrogen-bond acceptors (Lipinski definition) is 3. The second kappa shape index (κ2) is 5.34. The van der Waals surface area contributed by atoms with Crippen LogP contribution in [-0.4, -0.2) is 29.5 Å². The minimum atomic E-state index is 0.0412. The Morgan fingerprint density at radius 1 is 0.944 bits per heavy atom. The molecule has 0 saturated carbocycles. The van der Waals surface area contributed by atoms with E-state index in [0.717, 1.165) is 29.7 Å². The maximum atomic E-state index is 4.46. The van der Waals surface area contributed by atoms with Crippen molar-refractivity contribution in [1.82, 2.24) is 7.96 Å². The SMILES string of the molecule is c1ccc(CCNc2cccc3n[se]nc23)cc1. The summed E-state index contributed by atoms with van der Waals surface area (Å²) in [5, 5.41) is 3.45. The topological polar surface area (TPSA) is 37.8 Å². The van der Waals surface area contributed by atoms with E-state index in [0.29, 0.717) is 0 Å². The maximum absolute atomic E-state index is 4.46. The molecule has 0 unspecified atom stereocenters. The molecule has 3 rings (SSSR count). The molecular formula is C14H13N3Se. The van der Waals surface area contributed by atoms with Crippen LogP contribution in [0.15, 0.2) is 48.5 Å². The molecule has 0 amide bonds. The summed E-state index contributed by atoms with van der Waals surface area (Å²) in [7, 11) is 0. The number of anilines is 1. The number of rotatable bonds is 4. The first-order chi connectivity index (χ1) is 8.93. The second-order valence-electron chi connectivity index (χ2n) is 4.10. The van der Waals surface area contributed by atoms with E-state index < -0.39 is 0 Å². The zero-order valence-corrected chi connectivity index (χ0v) is 11.5. The summed E-state index contributed by atoms with van der Waals surface area (Å²) in [6, 6.07) is 16.6. The van der Waals surface area contributed by atoms with Crippen molar-refractivity contribution in [3.8, 4) is 0 Å². The summed E-state index contributed by atoms with van der Waals surface area (Å²) >= 11 is 0.0412. The van der Waals surface area contributed by atoms with Gasteiger partial charge in [-0.2, -0.15) is 0 Å². The van der Waals surface area contributed by atoms with Crippen LogP contribution in [0.1, 0.15) is 5.56 Å². The van der Waals surface area contributed by atoms with Gasteiger partial charge in [0, 0.05) is 0 Å². The van der Waals surface area contributed by atoms with Crippen molar-refractivity contribution in [2.24, 2.45) is 0 Å². The van der Waals surface area contributed by atoms with Gasteiger partial charge in [-0.15, -0.1) is 0 Å². The van der Waals surface area contributed by atoms with Gasteiger partial charge in [0.2, 0.25) is 0 Å². The molecule has 90 valence electrons. The Bertz CT molecular complexity index is 634. The molecule has 0 aliphatic rings. The summed E-state index contributed by atoms with van der Waals surface area (Å²) in [5.74, 6) is 0. The molecule has 0 spiro atoms. The third kappa shape index (κ3) is 2.45. The van der Waals surface area contributed by atoms with E-state index in [-0.39, 0.29) is 15.0 Å². The zero-order valence-electron chi connectivity index (χ0n) is 9.84. The van der Waals surface area contributed by atoms with Crippen LogP contribution in [0.3, 0.4) is 0 Å². The summed E-state index contributed by atoms with van der Waals surface area (Å²) in [4.78, 5) is 0. The fourth-order valence-corrected chi connectivity index (χ4v) is 3.09. The normalized spacial score (nSPS) is 10.7. The molecule has 0 saturated heterocycles. The van der Waals surface area contributed by atoms with E-state index in [9.17, 15) is 0 Å². The average Bonchev–Trinajstić information content (AvgIpc) is 2.89. The van der Waals surface area contributed by atoms with E-state index in [4.69, 9.17) is 0 Å². The van der Waals surface area contributed by atoms with E-state index in [2.05, 4.69) is 43.6 Å². The van der Waals surface area contributed by atoms with Gasteiger partial charge in [0.1, 0.15) is 0 Å². The first-order valence-electron chi connectivity index (χ1n) is 5.92. The molecule has 0 bridgehead atoms. The number of hydrogen-bond donors (Lipinski definition) is 1. The zero-order chi connectivity index (χ0) is 12.2. The minimum absolute atomic E-state index is 0.0412.